The van der Waals surface area contributed by atoms with Gasteiger partial charge in [-0.2, -0.15) is 0 Å². The molecule has 1 aliphatic rings. The van der Waals surface area contributed by atoms with Crippen molar-refractivity contribution in [2.24, 2.45) is 5.73 Å². The topological polar surface area (TPSA) is 83.6 Å². The van der Waals surface area contributed by atoms with Crippen LogP contribution in [0.15, 0.2) is 30.3 Å². The Morgan fingerprint density at radius 2 is 1.81 bits per heavy atom. The zero-order valence-corrected chi connectivity index (χ0v) is 12.1. The van der Waals surface area contributed by atoms with Crippen LogP contribution in [-0.4, -0.2) is 41.5 Å². The van der Waals surface area contributed by atoms with E-state index in [1.165, 1.54) is 0 Å². The van der Waals surface area contributed by atoms with Crippen LogP contribution in [0.25, 0.3) is 0 Å². The number of rotatable bonds is 5. The van der Waals surface area contributed by atoms with Gasteiger partial charge >= 0.3 is 5.97 Å². The molecule has 3 N–H and O–H groups in total. The molecule has 0 spiro atoms. The standard InChI is InChI=1S/C16H22N2O3/c17-10-4-7-14(19)18-11-8-16(9-12-18,15(20)21)13-5-2-1-3-6-13/h1-3,5-6H,4,7-12,17H2,(H,20,21). The van der Waals surface area contributed by atoms with Crippen LogP contribution < -0.4 is 5.73 Å². The first-order valence-electron chi connectivity index (χ1n) is 7.37. The summed E-state index contributed by atoms with van der Waals surface area (Å²) in [6, 6.07) is 9.32. The molecule has 5 heteroatoms. The third-order valence-corrected chi connectivity index (χ3v) is 4.30. The minimum absolute atomic E-state index is 0.0764. The summed E-state index contributed by atoms with van der Waals surface area (Å²) in [6.07, 6.45) is 2.04. The van der Waals surface area contributed by atoms with Crippen LogP contribution in [0, 0.1) is 0 Å². The van der Waals surface area contributed by atoms with Gasteiger partial charge in [0.05, 0.1) is 5.41 Å². The first kappa shape index (κ1) is 15.5. The van der Waals surface area contributed by atoms with Gasteiger partial charge in [-0.25, -0.2) is 0 Å². The molecule has 114 valence electrons. The van der Waals surface area contributed by atoms with E-state index in [1.54, 1.807) is 4.90 Å². The zero-order chi connectivity index (χ0) is 15.3. The molecule has 1 aliphatic heterocycles. The van der Waals surface area contributed by atoms with E-state index in [4.69, 9.17) is 5.73 Å². The van der Waals surface area contributed by atoms with Gasteiger partial charge in [-0.05, 0) is 31.4 Å². The number of carbonyl (C=O) groups excluding carboxylic acids is 1. The summed E-state index contributed by atoms with van der Waals surface area (Å²) in [5.74, 6) is -0.727. The Labute approximate surface area is 124 Å². The molecule has 1 fully saturated rings. The van der Waals surface area contributed by atoms with Crippen LogP contribution in [0.5, 0.6) is 0 Å². The third-order valence-electron chi connectivity index (χ3n) is 4.30. The van der Waals surface area contributed by atoms with Crippen molar-refractivity contribution < 1.29 is 14.7 Å². The van der Waals surface area contributed by atoms with Gasteiger partial charge in [0, 0.05) is 19.5 Å². The monoisotopic (exact) mass is 290 g/mol. The maximum atomic E-state index is 12.0. The molecule has 0 aromatic heterocycles. The van der Waals surface area contributed by atoms with Gasteiger partial charge < -0.3 is 15.7 Å². The molecule has 5 nitrogen and oxygen atoms in total. The summed E-state index contributed by atoms with van der Waals surface area (Å²) in [6.45, 7) is 1.48. The molecule has 1 heterocycles. The molecule has 1 aromatic carbocycles. The van der Waals surface area contributed by atoms with E-state index < -0.39 is 11.4 Å². The molecule has 0 bridgehead atoms. The van der Waals surface area contributed by atoms with Crippen molar-refractivity contribution in [2.45, 2.75) is 31.1 Å². The SMILES string of the molecule is NCCCC(=O)N1CCC(C(=O)O)(c2ccccc2)CC1. The number of piperidine rings is 1. The molecule has 1 aromatic rings. The molecule has 1 saturated heterocycles. The quantitative estimate of drug-likeness (QED) is 0.858. The summed E-state index contributed by atoms with van der Waals surface area (Å²) in [5.41, 5.74) is 5.37. The van der Waals surface area contributed by atoms with E-state index in [9.17, 15) is 14.7 Å². The Hall–Kier alpha value is -1.88. The first-order chi connectivity index (χ1) is 10.1. The van der Waals surface area contributed by atoms with Crippen molar-refractivity contribution in [3.05, 3.63) is 35.9 Å². The van der Waals surface area contributed by atoms with E-state index in [1.807, 2.05) is 30.3 Å². The fraction of sp³-hybridized carbons (Fsp3) is 0.500. The van der Waals surface area contributed by atoms with E-state index >= 15 is 0 Å². The van der Waals surface area contributed by atoms with Gasteiger partial charge in [0.1, 0.15) is 0 Å². The fourth-order valence-electron chi connectivity index (χ4n) is 2.93. The molecule has 0 radical (unpaired) electrons. The Balaban J connectivity index is 2.09. The number of nitrogens with zero attached hydrogens (tertiary/aromatic N) is 1. The first-order valence-corrected chi connectivity index (χ1v) is 7.37. The molecule has 2 rings (SSSR count). The van der Waals surface area contributed by atoms with Gasteiger partial charge in [-0.3, -0.25) is 9.59 Å². The number of nitrogens with two attached hydrogens (primary N) is 1. The number of carbonyl (C=O) groups is 2. The molecule has 1 amide bonds. The molecule has 0 saturated carbocycles. The maximum absolute atomic E-state index is 12.0. The van der Waals surface area contributed by atoms with Gasteiger partial charge in [-0.15, -0.1) is 0 Å². The van der Waals surface area contributed by atoms with Crippen molar-refractivity contribution >= 4 is 11.9 Å². The largest absolute Gasteiger partial charge is 0.481 e. The number of likely N-dealkylation sites (tertiary alicyclic amines) is 1. The highest BCUT2D eigenvalue weighted by atomic mass is 16.4. The second kappa shape index (κ2) is 6.72. The molecule has 0 unspecified atom stereocenters. The van der Waals surface area contributed by atoms with E-state index in [0.717, 1.165) is 5.56 Å². The summed E-state index contributed by atoms with van der Waals surface area (Å²) in [7, 11) is 0. The minimum atomic E-state index is -0.869. The van der Waals surface area contributed by atoms with Crippen LogP contribution in [0.4, 0.5) is 0 Å². The van der Waals surface area contributed by atoms with Crippen molar-refractivity contribution in [3.63, 3.8) is 0 Å². The normalized spacial score (nSPS) is 17.5. The molecule has 0 aliphatic carbocycles. The van der Waals surface area contributed by atoms with Crippen molar-refractivity contribution in [2.75, 3.05) is 19.6 Å². The number of hydrogen-bond acceptors (Lipinski definition) is 3. The number of hydrogen-bond donors (Lipinski definition) is 2. The average Bonchev–Trinajstić information content (AvgIpc) is 2.53. The molecular formula is C16H22N2O3. The summed E-state index contributed by atoms with van der Waals surface area (Å²) in [4.78, 5) is 25.6. The fourth-order valence-corrected chi connectivity index (χ4v) is 2.93. The van der Waals surface area contributed by atoms with Crippen molar-refractivity contribution in [1.82, 2.24) is 4.90 Å². The van der Waals surface area contributed by atoms with Gasteiger partial charge in [-0.1, -0.05) is 30.3 Å². The van der Waals surface area contributed by atoms with Gasteiger partial charge in [0.2, 0.25) is 5.91 Å². The summed E-state index contributed by atoms with van der Waals surface area (Å²) >= 11 is 0. The third kappa shape index (κ3) is 3.24. The smallest absolute Gasteiger partial charge is 0.314 e. The zero-order valence-electron chi connectivity index (χ0n) is 12.1. The number of benzene rings is 1. The van der Waals surface area contributed by atoms with Gasteiger partial charge in [0.15, 0.2) is 0 Å². The highest BCUT2D eigenvalue weighted by Crippen LogP contribution is 2.36. The lowest BCUT2D eigenvalue weighted by Gasteiger charge is -2.39. The van der Waals surface area contributed by atoms with Gasteiger partial charge in [0.25, 0.3) is 0 Å². The average molecular weight is 290 g/mol. The maximum Gasteiger partial charge on any atom is 0.314 e. The van der Waals surface area contributed by atoms with Crippen molar-refractivity contribution in [3.8, 4) is 0 Å². The Morgan fingerprint density at radius 3 is 2.33 bits per heavy atom. The molecule has 0 atom stereocenters. The number of carboxylic acids is 1. The lowest BCUT2D eigenvalue weighted by molar-refractivity contribution is -0.148. The van der Waals surface area contributed by atoms with E-state index in [-0.39, 0.29) is 5.91 Å². The summed E-state index contributed by atoms with van der Waals surface area (Å²) in [5, 5.41) is 9.69. The van der Waals surface area contributed by atoms with Crippen LogP contribution >= 0.6 is 0 Å². The van der Waals surface area contributed by atoms with Crippen LogP contribution in [0.3, 0.4) is 0 Å². The second-order valence-electron chi connectivity index (χ2n) is 5.53. The van der Waals surface area contributed by atoms with Crippen molar-refractivity contribution in [1.29, 1.82) is 0 Å². The number of aliphatic carboxylic acids is 1. The highest BCUT2D eigenvalue weighted by molar-refractivity contribution is 5.82. The predicted octanol–water partition coefficient (Wildman–Crippen LogP) is 1.37. The lowest BCUT2D eigenvalue weighted by atomic mass is 9.73. The number of amides is 1. The predicted molar refractivity (Wildman–Crippen MR) is 79.9 cm³/mol. The highest BCUT2D eigenvalue weighted by Gasteiger charge is 2.43. The minimum Gasteiger partial charge on any atom is -0.481 e. The van der Waals surface area contributed by atoms with E-state index in [2.05, 4.69) is 0 Å². The number of carboxylic acid groups (broad SMARTS) is 1. The molecule has 21 heavy (non-hydrogen) atoms. The summed E-state index contributed by atoms with van der Waals surface area (Å²) < 4.78 is 0. The van der Waals surface area contributed by atoms with E-state index in [0.29, 0.717) is 45.3 Å². The Morgan fingerprint density at radius 1 is 1.19 bits per heavy atom. The Kier molecular flexibility index (Phi) is 4.96. The Bertz CT molecular complexity index is 494. The molecular weight excluding hydrogens is 268 g/mol. The second-order valence-corrected chi connectivity index (χ2v) is 5.53. The lowest BCUT2D eigenvalue weighted by Crippen LogP contribution is -2.49. The van der Waals surface area contributed by atoms with Crippen LogP contribution in [0.2, 0.25) is 0 Å². The van der Waals surface area contributed by atoms with Crippen LogP contribution in [-0.2, 0) is 15.0 Å². The van der Waals surface area contributed by atoms with Crippen LogP contribution in [0.1, 0.15) is 31.2 Å².